The van der Waals surface area contributed by atoms with E-state index in [1.54, 1.807) is 0 Å². The maximum absolute atomic E-state index is 5.94. The molecule has 0 aromatic carbocycles. The second kappa shape index (κ2) is 5.55. The quantitative estimate of drug-likeness (QED) is 0.800. The lowest BCUT2D eigenvalue weighted by molar-refractivity contribution is 0.164. The van der Waals surface area contributed by atoms with Crippen LogP contribution >= 0.6 is 11.8 Å². The van der Waals surface area contributed by atoms with E-state index in [1.807, 2.05) is 0 Å². The van der Waals surface area contributed by atoms with Crippen LogP contribution in [0.1, 0.15) is 32.1 Å². The Bertz CT molecular complexity index is 184. The van der Waals surface area contributed by atoms with Crippen molar-refractivity contribution >= 4 is 11.8 Å². The largest absolute Gasteiger partial charge is 0.328 e. The SMILES string of the molecule is CN(CC1CCSC1)C1CCC(N)CC1. The van der Waals surface area contributed by atoms with E-state index in [0.29, 0.717) is 6.04 Å². The van der Waals surface area contributed by atoms with Crippen LogP contribution in [0.2, 0.25) is 0 Å². The molecule has 2 fully saturated rings. The fourth-order valence-corrected chi connectivity index (χ4v) is 4.10. The highest BCUT2D eigenvalue weighted by Crippen LogP contribution is 2.27. The lowest BCUT2D eigenvalue weighted by atomic mass is 9.90. The van der Waals surface area contributed by atoms with Crippen molar-refractivity contribution in [3.05, 3.63) is 0 Å². The average Bonchev–Trinajstić information content (AvgIpc) is 2.71. The fraction of sp³-hybridized carbons (Fsp3) is 1.00. The highest BCUT2D eigenvalue weighted by molar-refractivity contribution is 7.99. The molecule has 1 aliphatic heterocycles. The molecule has 2 rings (SSSR count). The van der Waals surface area contributed by atoms with E-state index in [2.05, 4.69) is 23.7 Å². The number of nitrogens with zero attached hydrogens (tertiary/aromatic N) is 1. The van der Waals surface area contributed by atoms with Gasteiger partial charge in [0.15, 0.2) is 0 Å². The smallest absolute Gasteiger partial charge is 0.00934 e. The average molecular weight is 228 g/mol. The van der Waals surface area contributed by atoms with Gasteiger partial charge in [0.1, 0.15) is 0 Å². The summed E-state index contributed by atoms with van der Waals surface area (Å²) in [6.07, 6.45) is 6.53. The first-order valence-electron chi connectivity index (χ1n) is 6.29. The molecule has 1 unspecified atom stereocenters. The summed E-state index contributed by atoms with van der Waals surface area (Å²) in [5.74, 6) is 3.72. The molecule has 0 aromatic heterocycles. The van der Waals surface area contributed by atoms with Crippen molar-refractivity contribution in [2.75, 3.05) is 25.1 Å². The van der Waals surface area contributed by atoms with Crippen molar-refractivity contribution < 1.29 is 0 Å². The van der Waals surface area contributed by atoms with Gasteiger partial charge in [-0.05, 0) is 56.6 Å². The van der Waals surface area contributed by atoms with Gasteiger partial charge in [0, 0.05) is 18.6 Å². The monoisotopic (exact) mass is 228 g/mol. The van der Waals surface area contributed by atoms with E-state index < -0.39 is 0 Å². The predicted octanol–water partition coefficient (Wildman–Crippen LogP) is 1.94. The fourth-order valence-electron chi connectivity index (χ4n) is 2.83. The van der Waals surface area contributed by atoms with E-state index in [9.17, 15) is 0 Å². The van der Waals surface area contributed by atoms with Gasteiger partial charge in [-0.3, -0.25) is 0 Å². The van der Waals surface area contributed by atoms with E-state index >= 15 is 0 Å². The Morgan fingerprint density at radius 2 is 1.93 bits per heavy atom. The minimum absolute atomic E-state index is 0.483. The first-order valence-corrected chi connectivity index (χ1v) is 7.44. The van der Waals surface area contributed by atoms with Gasteiger partial charge in [0.25, 0.3) is 0 Å². The van der Waals surface area contributed by atoms with Gasteiger partial charge >= 0.3 is 0 Å². The Kier molecular flexibility index (Phi) is 4.35. The Morgan fingerprint density at radius 3 is 2.53 bits per heavy atom. The van der Waals surface area contributed by atoms with Gasteiger partial charge in [-0.2, -0.15) is 11.8 Å². The summed E-state index contributed by atoms with van der Waals surface area (Å²) < 4.78 is 0. The zero-order valence-corrected chi connectivity index (χ0v) is 10.6. The van der Waals surface area contributed by atoms with Crippen molar-refractivity contribution in [3.8, 4) is 0 Å². The Balaban J connectivity index is 1.72. The van der Waals surface area contributed by atoms with Gasteiger partial charge in [0.2, 0.25) is 0 Å². The van der Waals surface area contributed by atoms with Crippen LogP contribution < -0.4 is 5.73 Å². The molecule has 88 valence electrons. The maximum atomic E-state index is 5.94. The summed E-state index contributed by atoms with van der Waals surface area (Å²) in [7, 11) is 2.31. The molecule has 0 aromatic rings. The molecule has 0 spiro atoms. The molecular formula is C12H24N2S. The van der Waals surface area contributed by atoms with E-state index in [4.69, 9.17) is 5.73 Å². The Labute approximate surface area is 98.0 Å². The molecule has 2 nitrogen and oxygen atoms in total. The third-order valence-electron chi connectivity index (χ3n) is 3.93. The van der Waals surface area contributed by atoms with E-state index in [-0.39, 0.29) is 0 Å². The lowest BCUT2D eigenvalue weighted by Crippen LogP contribution is -2.40. The first kappa shape index (κ1) is 11.7. The molecule has 2 N–H and O–H groups in total. The predicted molar refractivity (Wildman–Crippen MR) is 68.3 cm³/mol. The molecule has 3 heteroatoms. The highest BCUT2D eigenvalue weighted by atomic mass is 32.2. The molecular weight excluding hydrogens is 204 g/mol. The minimum Gasteiger partial charge on any atom is -0.328 e. The number of thioether (sulfide) groups is 1. The summed E-state index contributed by atoms with van der Waals surface area (Å²) in [6, 6.07) is 1.30. The van der Waals surface area contributed by atoms with Crippen molar-refractivity contribution in [3.63, 3.8) is 0 Å². The van der Waals surface area contributed by atoms with Crippen molar-refractivity contribution in [2.24, 2.45) is 11.7 Å². The standard InChI is InChI=1S/C12H24N2S/c1-14(8-10-6-7-15-9-10)12-4-2-11(13)3-5-12/h10-12H,2-9,13H2,1H3. The van der Waals surface area contributed by atoms with Gasteiger partial charge in [-0.1, -0.05) is 0 Å². The molecule has 1 aliphatic carbocycles. The lowest BCUT2D eigenvalue weighted by Gasteiger charge is -2.34. The second-order valence-electron chi connectivity index (χ2n) is 5.24. The van der Waals surface area contributed by atoms with Crippen LogP contribution in [-0.2, 0) is 0 Å². The van der Waals surface area contributed by atoms with Crippen molar-refractivity contribution in [2.45, 2.75) is 44.2 Å². The van der Waals surface area contributed by atoms with Crippen LogP contribution in [0.15, 0.2) is 0 Å². The van der Waals surface area contributed by atoms with Crippen LogP contribution in [0.4, 0.5) is 0 Å². The van der Waals surface area contributed by atoms with Gasteiger partial charge in [-0.25, -0.2) is 0 Å². The molecule has 15 heavy (non-hydrogen) atoms. The minimum atomic E-state index is 0.483. The topological polar surface area (TPSA) is 29.3 Å². The summed E-state index contributed by atoms with van der Waals surface area (Å²) >= 11 is 2.12. The molecule has 2 aliphatic rings. The Hall–Kier alpha value is 0.270. The second-order valence-corrected chi connectivity index (χ2v) is 6.39. The molecule has 1 saturated carbocycles. The molecule has 1 saturated heterocycles. The summed E-state index contributed by atoms with van der Waals surface area (Å²) in [4.78, 5) is 2.60. The Morgan fingerprint density at radius 1 is 1.20 bits per heavy atom. The third kappa shape index (κ3) is 3.36. The van der Waals surface area contributed by atoms with Crippen molar-refractivity contribution in [1.82, 2.24) is 4.90 Å². The van der Waals surface area contributed by atoms with Crippen LogP contribution in [0.25, 0.3) is 0 Å². The summed E-state index contributed by atoms with van der Waals surface area (Å²) in [6.45, 7) is 1.31. The number of nitrogens with two attached hydrogens (primary N) is 1. The molecule has 0 radical (unpaired) electrons. The summed E-state index contributed by atoms with van der Waals surface area (Å²) in [5.41, 5.74) is 5.94. The van der Waals surface area contributed by atoms with Crippen LogP contribution in [0.3, 0.4) is 0 Å². The molecule has 0 bridgehead atoms. The number of hydrogen-bond acceptors (Lipinski definition) is 3. The van der Waals surface area contributed by atoms with Crippen LogP contribution in [-0.4, -0.2) is 42.1 Å². The van der Waals surface area contributed by atoms with E-state index in [1.165, 1.54) is 50.2 Å². The normalized spacial score (nSPS) is 37.4. The molecule has 1 heterocycles. The first-order chi connectivity index (χ1) is 7.25. The molecule has 1 atom stereocenters. The third-order valence-corrected chi connectivity index (χ3v) is 5.17. The van der Waals surface area contributed by atoms with Crippen LogP contribution in [0.5, 0.6) is 0 Å². The summed E-state index contributed by atoms with van der Waals surface area (Å²) in [5, 5.41) is 0. The molecule has 0 amide bonds. The zero-order chi connectivity index (χ0) is 10.7. The van der Waals surface area contributed by atoms with Crippen LogP contribution in [0, 0.1) is 5.92 Å². The number of rotatable bonds is 3. The zero-order valence-electron chi connectivity index (χ0n) is 9.82. The highest BCUT2D eigenvalue weighted by Gasteiger charge is 2.24. The van der Waals surface area contributed by atoms with Gasteiger partial charge < -0.3 is 10.6 Å². The van der Waals surface area contributed by atoms with Gasteiger partial charge in [0.05, 0.1) is 0 Å². The number of hydrogen-bond donors (Lipinski definition) is 1. The van der Waals surface area contributed by atoms with E-state index in [0.717, 1.165) is 12.0 Å². The van der Waals surface area contributed by atoms with Gasteiger partial charge in [-0.15, -0.1) is 0 Å². The maximum Gasteiger partial charge on any atom is 0.00934 e. The van der Waals surface area contributed by atoms with Crippen molar-refractivity contribution in [1.29, 1.82) is 0 Å².